The van der Waals surface area contributed by atoms with Gasteiger partial charge in [0.25, 0.3) is 5.91 Å². The number of nitrogens with zero attached hydrogens (tertiary/aromatic N) is 1. The fourth-order valence-electron chi connectivity index (χ4n) is 4.45. The van der Waals surface area contributed by atoms with E-state index in [0.717, 1.165) is 0 Å². The Morgan fingerprint density at radius 1 is 1.03 bits per heavy atom. The molecule has 1 atom stereocenters. The summed E-state index contributed by atoms with van der Waals surface area (Å²) in [5.41, 5.74) is 0.511. The Morgan fingerprint density at radius 2 is 1.84 bits per heavy atom. The molecule has 38 heavy (non-hydrogen) atoms. The normalized spacial score (nSPS) is 19.2. The van der Waals surface area contributed by atoms with Gasteiger partial charge in [0.1, 0.15) is 17.6 Å². The summed E-state index contributed by atoms with van der Waals surface area (Å²) in [5, 5.41) is 8.25. The van der Waals surface area contributed by atoms with E-state index in [2.05, 4.69) is 16.0 Å². The van der Waals surface area contributed by atoms with Crippen LogP contribution < -0.4 is 25.4 Å². The number of carbonyl (C=O) groups excluding carboxylic acids is 4. The maximum atomic E-state index is 14.7. The van der Waals surface area contributed by atoms with E-state index in [0.29, 0.717) is 50.9 Å². The lowest BCUT2D eigenvalue weighted by atomic mass is 10.1. The molecular weight excluding hydrogens is 495 g/mol. The van der Waals surface area contributed by atoms with Crippen molar-refractivity contribution in [2.24, 2.45) is 0 Å². The summed E-state index contributed by atoms with van der Waals surface area (Å²) in [6.45, 7) is 0.870. The fraction of sp³-hybridized carbons (Fsp3) is 0.407. The van der Waals surface area contributed by atoms with Gasteiger partial charge >= 0.3 is 0 Å². The van der Waals surface area contributed by atoms with Gasteiger partial charge in [-0.1, -0.05) is 6.07 Å². The Balaban J connectivity index is 1.56. The molecule has 0 spiro atoms. The van der Waals surface area contributed by atoms with E-state index in [1.54, 1.807) is 23.1 Å². The van der Waals surface area contributed by atoms with E-state index < -0.39 is 11.9 Å². The zero-order valence-electron chi connectivity index (χ0n) is 21.2. The Bertz CT molecular complexity index is 1220. The van der Waals surface area contributed by atoms with Gasteiger partial charge in [-0.05, 0) is 49.6 Å². The van der Waals surface area contributed by atoms with Crippen LogP contribution in [-0.2, 0) is 20.9 Å². The van der Waals surface area contributed by atoms with Crippen molar-refractivity contribution in [2.45, 2.75) is 44.7 Å². The summed E-state index contributed by atoms with van der Waals surface area (Å²) < 4.78 is 26.0. The Hall–Kier alpha value is -4.15. The summed E-state index contributed by atoms with van der Waals surface area (Å²) in [6.07, 6.45) is 1.71. The SMILES string of the molecule is COc1cc2ccc1Oc1cccc(F)c1CNC(=O)CCCN(C(=O)[C@@H]1CCC(=O)N1)CCCNC2=O. The van der Waals surface area contributed by atoms with Crippen LogP contribution in [0.3, 0.4) is 0 Å². The van der Waals surface area contributed by atoms with Gasteiger partial charge in [-0.2, -0.15) is 0 Å². The largest absolute Gasteiger partial charge is 0.493 e. The van der Waals surface area contributed by atoms with Gasteiger partial charge in [0, 0.05) is 50.1 Å². The highest BCUT2D eigenvalue weighted by atomic mass is 19.1. The first-order valence-corrected chi connectivity index (χ1v) is 12.6. The van der Waals surface area contributed by atoms with Crippen molar-refractivity contribution in [1.82, 2.24) is 20.9 Å². The van der Waals surface area contributed by atoms with Crippen molar-refractivity contribution in [3.05, 3.63) is 53.3 Å². The highest BCUT2D eigenvalue weighted by Gasteiger charge is 2.30. The number of hydrogen-bond acceptors (Lipinski definition) is 6. The maximum Gasteiger partial charge on any atom is 0.251 e. The number of hydrogen-bond donors (Lipinski definition) is 3. The summed E-state index contributed by atoms with van der Waals surface area (Å²) >= 11 is 0. The molecule has 1 fully saturated rings. The molecule has 1 saturated heterocycles. The summed E-state index contributed by atoms with van der Waals surface area (Å²) in [4.78, 5) is 51.5. The van der Waals surface area contributed by atoms with Crippen LogP contribution in [0.5, 0.6) is 17.2 Å². The van der Waals surface area contributed by atoms with Crippen molar-refractivity contribution in [3.63, 3.8) is 0 Å². The van der Waals surface area contributed by atoms with Gasteiger partial charge < -0.3 is 30.3 Å². The highest BCUT2D eigenvalue weighted by molar-refractivity contribution is 5.95. The van der Waals surface area contributed by atoms with E-state index in [1.165, 1.54) is 25.3 Å². The molecule has 3 N–H and O–H groups in total. The lowest BCUT2D eigenvalue weighted by molar-refractivity contribution is -0.134. The average Bonchev–Trinajstić information content (AvgIpc) is 3.35. The van der Waals surface area contributed by atoms with E-state index in [1.807, 2.05) is 0 Å². The molecule has 5 rings (SSSR count). The van der Waals surface area contributed by atoms with E-state index >= 15 is 0 Å². The Kier molecular flexibility index (Phi) is 8.77. The molecule has 4 amide bonds. The van der Waals surface area contributed by atoms with Crippen LogP contribution in [0.4, 0.5) is 4.39 Å². The van der Waals surface area contributed by atoms with Crippen LogP contribution in [0.25, 0.3) is 0 Å². The van der Waals surface area contributed by atoms with Gasteiger partial charge in [-0.15, -0.1) is 0 Å². The van der Waals surface area contributed by atoms with Crippen LogP contribution in [0.1, 0.15) is 48.0 Å². The highest BCUT2D eigenvalue weighted by Crippen LogP contribution is 2.34. The summed E-state index contributed by atoms with van der Waals surface area (Å²) in [5.74, 6) is -0.762. The predicted octanol–water partition coefficient (Wildman–Crippen LogP) is 2.26. The van der Waals surface area contributed by atoms with Gasteiger partial charge in [-0.25, -0.2) is 4.39 Å². The molecule has 202 valence electrons. The van der Waals surface area contributed by atoms with Crippen molar-refractivity contribution in [2.75, 3.05) is 26.7 Å². The quantitative estimate of drug-likeness (QED) is 0.551. The zero-order valence-corrected chi connectivity index (χ0v) is 21.2. The second-order valence-electron chi connectivity index (χ2n) is 9.16. The lowest BCUT2D eigenvalue weighted by Gasteiger charge is -2.25. The second-order valence-corrected chi connectivity index (χ2v) is 9.16. The summed E-state index contributed by atoms with van der Waals surface area (Å²) in [7, 11) is 1.43. The van der Waals surface area contributed by atoms with Gasteiger partial charge in [0.15, 0.2) is 11.5 Å². The molecule has 2 bridgehead atoms. The second kappa shape index (κ2) is 12.4. The topological polar surface area (TPSA) is 126 Å². The standard InChI is InChI=1S/C27H31FN4O6/c1-37-23-15-17-8-10-22(23)38-21-6-2-5-19(28)18(21)16-30-24(33)7-3-13-32(14-4-12-29-26(17)35)27(36)20-9-11-25(34)31-20/h2,5-6,8,10,15,20H,3-4,7,9,11-14,16H2,1H3,(H,29,35)(H,30,33)(H,31,34)/t20-/m0/s1. The van der Waals surface area contributed by atoms with E-state index in [9.17, 15) is 23.6 Å². The molecule has 0 radical (unpaired) electrons. The molecule has 3 aliphatic rings. The Morgan fingerprint density at radius 3 is 2.61 bits per heavy atom. The number of rotatable bonds is 2. The molecule has 10 nitrogen and oxygen atoms in total. The number of fused-ring (bicyclic) bond motifs is 13. The monoisotopic (exact) mass is 526 g/mol. The van der Waals surface area contributed by atoms with E-state index in [4.69, 9.17) is 9.47 Å². The van der Waals surface area contributed by atoms with Crippen LogP contribution in [0.15, 0.2) is 36.4 Å². The van der Waals surface area contributed by atoms with Crippen molar-refractivity contribution >= 4 is 23.6 Å². The molecule has 0 unspecified atom stereocenters. The third-order valence-electron chi connectivity index (χ3n) is 6.51. The molecule has 0 saturated carbocycles. The third-order valence-corrected chi connectivity index (χ3v) is 6.51. The third kappa shape index (κ3) is 6.58. The maximum absolute atomic E-state index is 14.7. The molecule has 11 heteroatoms. The zero-order chi connectivity index (χ0) is 27.1. The van der Waals surface area contributed by atoms with E-state index in [-0.39, 0.29) is 59.4 Å². The minimum atomic E-state index is -0.585. The molecule has 3 heterocycles. The molecular formula is C27H31FN4O6. The van der Waals surface area contributed by atoms with Crippen LogP contribution in [0.2, 0.25) is 0 Å². The number of amides is 4. The molecule has 2 aromatic carbocycles. The molecule has 3 aliphatic heterocycles. The van der Waals surface area contributed by atoms with Crippen molar-refractivity contribution < 1.29 is 33.0 Å². The predicted molar refractivity (Wildman–Crippen MR) is 135 cm³/mol. The van der Waals surface area contributed by atoms with Crippen molar-refractivity contribution in [1.29, 1.82) is 0 Å². The van der Waals surface area contributed by atoms with Gasteiger partial charge in [0.2, 0.25) is 17.7 Å². The molecule has 2 aromatic rings. The van der Waals surface area contributed by atoms with Crippen LogP contribution in [0, 0.1) is 5.82 Å². The number of benzene rings is 2. The van der Waals surface area contributed by atoms with Gasteiger partial charge in [0.05, 0.1) is 7.11 Å². The minimum absolute atomic E-state index is 0.0968. The number of nitrogens with one attached hydrogen (secondary N) is 3. The first-order valence-electron chi connectivity index (χ1n) is 12.6. The lowest BCUT2D eigenvalue weighted by Crippen LogP contribution is -2.46. The Labute approximate surface area is 219 Å². The van der Waals surface area contributed by atoms with Crippen LogP contribution >= 0.6 is 0 Å². The number of methoxy groups -OCH3 is 1. The average molecular weight is 527 g/mol. The number of halogens is 1. The smallest absolute Gasteiger partial charge is 0.251 e. The fourth-order valence-corrected chi connectivity index (χ4v) is 4.45. The van der Waals surface area contributed by atoms with Gasteiger partial charge in [-0.3, -0.25) is 19.2 Å². The van der Waals surface area contributed by atoms with Crippen LogP contribution in [-0.4, -0.2) is 61.3 Å². The number of ether oxygens (including phenoxy) is 2. The van der Waals surface area contributed by atoms with Crippen molar-refractivity contribution in [3.8, 4) is 17.2 Å². The molecule has 0 aromatic heterocycles. The summed E-state index contributed by atoms with van der Waals surface area (Å²) in [6, 6.07) is 8.43. The molecule has 0 aliphatic carbocycles. The first kappa shape index (κ1) is 26.9. The first-order chi connectivity index (χ1) is 18.4. The number of carbonyl (C=O) groups is 4. The minimum Gasteiger partial charge on any atom is -0.493 e.